The van der Waals surface area contributed by atoms with Crippen molar-refractivity contribution in [1.82, 2.24) is 9.97 Å². The first kappa shape index (κ1) is 16.7. The lowest BCUT2D eigenvalue weighted by Gasteiger charge is -2.07. The number of anilines is 1. The molecular weight excluding hydrogens is 322 g/mol. The number of nitrogens with one attached hydrogen (secondary N) is 1. The summed E-state index contributed by atoms with van der Waals surface area (Å²) in [5, 5.41) is 2.32. The van der Waals surface area contributed by atoms with Crippen LogP contribution in [0.25, 0.3) is 0 Å². The first-order valence-electron chi connectivity index (χ1n) is 6.78. The van der Waals surface area contributed by atoms with Gasteiger partial charge in [-0.1, -0.05) is 41.9 Å². The molecule has 23 heavy (non-hydrogen) atoms. The molecule has 7 nitrogen and oxygen atoms in total. The highest BCUT2D eigenvalue weighted by molar-refractivity contribution is 6.29. The normalized spacial score (nSPS) is 10.0. The average molecular weight is 336 g/mol. The molecule has 0 saturated carbocycles. The summed E-state index contributed by atoms with van der Waals surface area (Å²) in [5.41, 5.74) is 0.784. The van der Waals surface area contributed by atoms with Crippen molar-refractivity contribution in [3.63, 3.8) is 0 Å². The van der Waals surface area contributed by atoms with Gasteiger partial charge in [0.2, 0.25) is 5.95 Å². The molecule has 0 aliphatic carbocycles. The molecule has 1 N–H and O–H groups in total. The molecule has 0 aliphatic heterocycles. The van der Waals surface area contributed by atoms with E-state index in [2.05, 4.69) is 15.3 Å². The Labute approximate surface area is 137 Å². The third-order valence-corrected chi connectivity index (χ3v) is 2.80. The van der Waals surface area contributed by atoms with Crippen molar-refractivity contribution in [2.45, 2.75) is 13.5 Å². The van der Waals surface area contributed by atoms with E-state index in [9.17, 15) is 9.59 Å². The summed E-state index contributed by atoms with van der Waals surface area (Å²) in [6.45, 7) is 1.96. The lowest BCUT2D eigenvalue weighted by Crippen LogP contribution is -2.17. The molecule has 1 amide bonds. The van der Waals surface area contributed by atoms with E-state index >= 15 is 0 Å². The van der Waals surface area contributed by atoms with Crippen LogP contribution < -0.4 is 5.32 Å². The number of nitrogens with zero attached hydrogens (tertiary/aromatic N) is 2. The average Bonchev–Trinajstić information content (AvgIpc) is 2.53. The third kappa shape index (κ3) is 5.23. The molecule has 0 radical (unpaired) electrons. The first-order valence-corrected chi connectivity index (χ1v) is 7.15. The summed E-state index contributed by atoms with van der Waals surface area (Å²) < 4.78 is 9.85. The zero-order valence-corrected chi connectivity index (χ0v) is 13.0. The van der Waals surface area contributed by atoms with Crippen LogP contribution in [0.15, 0.2) is 36.4 Å². The van der Waals surface area contributed by atoms with Crippen molar-refractivity contribution in [3.8, 4) is 0 Å². The molecule has 0 saturated heterocycles. The number of amides is 1. The number of hydrogen-bond acceptors (Lipinski definition) is 6. The lowest BCUT2D eigenvalue weighted by molar-refractivity contribution is 0.0519. The van der Waals surface area contributed by atoms with Gasteiger partial charge >= 0.3 is 12.1 Å². The quantitative estimate of drug-likeness (QED) is 0.667. The van der Waals surface area contributed by atoms with E-state index in [0.29, 0.717) is 0 Å². The van der Waals surface area contributed by atoms with Gasteiger partial charge in [0, 0.05) is 6.07 Å². The Morgan fingerprint density at radius 3 is 2.61 bits per heavy atom. The molecule has 1 heterocycles. The van der Waals surface area contributed by atoms with Crippen molar-refractivity contribution < 1.29 is 19.1 Å². The molecule has 2 rings (SSSR count). The van der Waals surface area contributed by atoms with Gasteiger partial charge in [0.05, 0.1) is 6.61 Å². The maximum Gasteiger partial charge on any atom is 0.414 e. The van der Waals surface area contributed by atoms with Gasteiger partial charge in [-0.15, -0.1) is 0 Å². The monoisotopic (exact) mass is 335 g/mol. The van der Waals surface area contributed by atoms with Gasteiger partial charge in [0.1, 0.15) is 11.8 Å². The van der Waals surface area contributed by atoms with Gasteiger partial charge in [-0.05, 0) is 12.5 Å². The number of esters is 1. The number of carbonyl (C=O) groups is 2. The lowest BCUT2D eigenvalue weighted by atomic mass is 10.2. The molecule has 0 unspecified atom stereocenters. The summed E-state index contributed by atoms with van der Waals surface area (Å²) in [4.78, 5) is 31.0. The largest absolute Gasteiger partial charge is 0.461 e. The summed E-state index contributed by atoms with van der Waals surface area (Å²) in [7, 11) is 0. The highest BCUT2D eigenvalue weighted by atomic mass is 35.5. The van der Waals surface area contributed by atoms with Crippen molar-refractivity contribution in [2.24, 2.45) is 0 Å². The zero-order valence-electron chi connectivity index (χ0n) is 12.3. The summed E-state index contributed by atoms with van der Waals surface area (Å²) in [5.74, 6) is -0.795. The number of hydrogen-bond donors (Lipinski definition) is 1. The van der Waals surface area contributed by atoms with Gasteiger partial charge in [0.15, 0.2) is 5.69 Å². The van der Waals surface area contributed by atoms with Crippen LogP contribution in [-0.4, -0.2) is 28.6 Å². The summed E-state index contributed by atoms with van der Waals surface area (Å²) >= 11 is 5.80. The predicted molar refractivity (Wildman–Crippen MR) is 83.2 cm³/mol. The fourth-order valence-electron chi connectivity index (χ4n) is 1.63. The van der Waals surface area contributed by atoms with Gasteiger partial charge in [-0.25, -0.2) is 19.6 Å². The summed E-state index contributed by atoms with van der Waals surface area (Å²) in [6, 6.07) is 10.4. The van der Waals surface area contributed by atoms with Crippen LogP contribution in [0.3, 0.4) is 0 Å². The molecule has 0 spiro atoms. The maximum absolute atomic E-state index is 11.7. The second-order valence-corrected chi connectivity index (χ2v) is 4.69. The Morgan fingerprint density at radius 1 is 1.17 bits per heavy atom. The minimum atomic E-state index is -0.758. The van der Waals surface area contributed by atoms with Crippen LogP contribution in [0.1, 0.15) is 23.0 Å². The SMILES string of the molecule is CCOC(=O)c1cc(Cl)nc(NC(=O)OCc2ccccc2)n1. The van der Waals surface area contributed by atoms with E-state index in [4.69, 9.17) is 21.1 Å². The Bertz CT molecular complexity index is 694. The van der Waals surface area contributed by atoms with Crippen LogP contribution in [0.4, 0.5) is 10.7 Å². The molecule has 120 valence electrons. The van der Waals surface area contributed by atoms with Gasteiger partial charge in [-0.2, -0.15) is 0 Å². The second-order valence-electron chi connectivity index (χ2n) is 4.31. The van der Waals surface area contributed by atoms with Crippen molar-refractivity contribution >= 4 is 29.6 Å². The molecule has 1 aromatic heterocycles. The van der Waals surface area contributed by atoms with Gasteiger partial charge in [-0.3, -0.25) is 5.32 Å². The first-order chi connectivity index (χ1) is 11.1. The van der Waals surface area contributed by atoms with Gasteiger partial charge < -0.3 is 9.47 Å². The fourth-order valence-corrected chi connectivity index (χ4v) is 1.82. The molecule has 2 aromatic rings. The molecule has 1 aromatic carbocycles. The van der Waals surface area contributed by atoms with Crippen molar-refractivity contribution in [3.05, 3.63) is 52.8 Å². The number of aromatic nitrogens is 2. The number of benzene rings is 1. The number of ether oxygens (including phenoxy) is 2. The minimum Gasteiger partial charge on any atom is -0.461 e. The van der Waals surface area contributed by atoms with Crippen LogP contribution >= 0.6 is 11.6 Å². The topological polar surface area (TPSA) is 90.4 Å². The fraction of sp³-hybridized carbons (Fsp3) is 0.200. The molecule has 0 atom stereocenters. The maximum atomic E-state index is 11.7. The Morgan fingerprint density at radius 2 is 1.91 bits per heavy atom. The van der Waals surface area contributed by atoms with E-state index in [-0.39, 0.29) is 30.0 Å². The Balaban J connectivity index is 1.99. The van der Waals surface area contributed by atoms with E-state index in [0.717, 1.165) is 5.56 Å². The highest BCUT2D eigenvalue weighted by Crippen LogP contribution is 2.12. The Hall–Kier alpha value is -2.67. The predicted octanol–water partition coefficient (Wildman–Crippen LogP) is 3.06. The van der Waals surface area contributed by atoms with Crippen LogP contribution in [-0.2, 0) is 16.1 Å². The zero-order chi connectivity index (χ0) is 16.7. The number of carbonyl (C=O) groups excluding carboxylic acids is 2. The van der Waals surface area contributed by atoms with E-state index in [1.807, 2.05) is 30.3 Å². The van der Waals surface area contributed by atoms with Crippen LogP contribution in [0.2, 0.25) is 5.15 Å². The van der Waals surface area contributed by atoms with E-state index in [1.54, 1.807) is 6.92 Å². The van der Waals surface area contributed by atoms with Crippen molar-refractivity contribution in [1.29, 1.82) is 0 Å². The number of halogens is 1. The highest BCUT2D eigenvalue weighted by Gasteiger charge is 2.14. The molecular formula is C15H14ClN3O4. The summed E-state index contributed by atoms with van der Waals surface area (Å²) in [6.07, 6.45) is -0.758. The van der Waals surface area contributed by atoms with E-state index < -0.39 is 12.1 Å². The standard InChI is InChI=1S/C15H14ClN3O4/c1-2-22-13(20)11-8-12(16)18-14(17-11)19-15(21)23-9-10-6-4-3-5-7-10/h3-8H,2,9H2,1H3,(H,17,18,19,21). The molecule has 0 bridgehead atoms. The molecule has 0 aliphatic rings. The number of rotatable bonds is 5. The molecule has 0 fully saturated rings. The second kappa shape index (κ2) is 8.09. The van der Waals surface area contributed by atoms with E-state index in [1.165, 1.54) is 6.07 Å². The minimum absolute atomic E-state index is 0.00131. The molecule has 8 heteroatoms. The van der Waals surface area contributed by atoms with Crippen molar-refractivity contribution in [2.75, 3.05) is 11.9 Å². The Kier molecular flexibility index (Phi) is 5.87. The van der Waals surface area contributed by atoms with Gasteiger partial charge in [0.25, 0.3) is 0 Å². The van der Waals surface area contributed by atoms with Crippen LogP contribution in [0.5, 0.6) is 0 Å². The van der Waals surface area contributed by atoms with Crippen LogP contribution in [0, 0.1) is 0 Å². The smallest absolute Gasteiger partial charge is 0.414 e. The third-order valence-electron chi connectivity index (χ3n) is 2.61.